The second-order valence-corrected chi connectivity index (χ2v) is 6.02. The van der Waals surface area contributed by atoms with Crippen LogP contribution in [0.5, 0.6) is 11.5 Å². The van der Waals surface area contributed by atoms with Gasteiger partial charge in [-0.15, -0.1) is 0 Å². The van der Waals surface area contributed by atoms with Crippen molar-refractivity contribution in [2.24, 2.45) is 0 Å². The van der Waals surface area contributed by atoms with Crippen LogP contribution in [0.15, 0.2) is 78.9 Å². The number of anilines is 2. The van der Waals surface area contributed by atoms with Crippen LogP contribution >= 0.6 is 0 Å². The first kappa shape index (κ1) is 19.1. The Bertz CT molecular complexity index is 976. The molecule has 142 valence electrons. The summed E-state index contributed by atoms with van der Waals surface area (Å²) in [5, 5.41) is 2.49. The first-order chi connectivity index (χ1) is 13.5. The summed E-state index contributed by atoms with van der Waals surface area (Å²) in [4.78, 5) is 25.9. The lowest BCUT2D eigenvalue weighted by Gasteiger charge is -2.23. The van der Waals surface area contributed by atoms with Gasteiger partial charge in [0, 0.05) is 6.92 Å². The van der Waals surface area contributed by atoms with Crippen molar-refractivity contribution in [2.75, 3.05) is 16.8 Å². The van der Waals surface area contributed by atoms with Crippen LogP contribution in [0.1, 0.15) is 6.92 Å². The highest BCUT2D eigenvalue weighted by molar-refractivity contribution is 6.02. The minimum Gasteiger partial charge on any atom is -0.455 e. The van der Waals surface area contributed by atoms with Crippen molar-refractivity contribution in [3.8, 4) is 11.5 Å². The van der Waals surface area contributed by atoms with Gasteiger partial charge >= 0.3 is 0 Å². The monoisotopic (exact) mass is 378 g/mol. The molecule has 0 fully saturated rings. The predicted molar refractivity (Wildman–Crippen MR) is 106 cm³/mol. The summed E-state index contributed by atoms with van der Waals surface area (Å²) in [7, 11) is 0. The number of benzene rings is 3. The van der Waals surface area contributed by atoms with E-state index in [-0.39, 0.29) is 18.1 Å². The van der Waals surface area contributed by atoms with E-state index in [9.17, 15) is 14.0 Å². The Morgan fingerprint density at radius 3 is 2.29 bits per heavy atom. The number of carbonyl (C=O) groups is 2. The van der Waals surface area contributed by atoms with Crippen LogP contribution in [0, 0.1) is 5.82 Å². The van der Waals surface area contributed by atoms with Gasteiger partial charge < -0.3 is 10.1 Å². The Balaban J connectivity index is 1.82. The Labute approximate surface area is 162 Å². The van der Waals surface area contributed by atoms with E-state index in [1.54, 1.807) is 42.5 Å². The minimum absolute atomic E-state index is 0.0600. The molecule has 0 aliphatic rings. The minimum atomic E-state index is -0.543. The van der Waals surface area contributed by atoms with Gasteiger partial charge in [0.25, 0.3) is 0 Å². The number of halogens is 1. The number of ether oxygens (including phenoxy) is 1. The molecule has 0 spiro atoms. The molecule has 5 nitrogen and oxygen atoms in total. The van der Waals surface area contributed by atoms with E-state index in [1.807, 2.05) is 18.2 Å². The summed E-state index contributed by atoms with van der Waals surface area (Å²) < 4.78 is 19.6. The third kappa shape index (κ3) is 4.73. The summed E-state index contributed by atoms with van der Waals surface area (Å²) in [5.41, 5.74) is 0.507. The quantitative estimate of drug-likeness (QED) is 0.681. The molecule has 0 aliphatic carbocycles. The van der Waals surface area contributed by atoms with Gasteiger partial charge in [0.2, 0.25) is 11.8 Å². The van der Waals surface area contributed by atoms with Crippen molar-refractivity contribution in [2.45, 2.75) is 6.92 Å². The van der Waals surface area contributed by atoms with Crippen LogP contribution in [-0.2, 0) is 9.59 Å². The first-order valence-corrected chi connectivity index (χ1v) is 8.69. The molecule has 3 aromatic carbocycles. The summed E-state index contributed by atoms with van der Waals surface area (Å²) in [6.07, 6.45) is 0. The van der Waals surface area contributed by atoms with Crippen molar-refractivity contribution in [3.05, 3.63) is 84.7 Å². The van der Waals surface area contributed by atoms with Gasteiger partial charge in [0.05, 0.1) is 11.4 Å². The maximum atomic E-state index is 13.8. The number of hydrogen-bond acceptors (Lipinski definition) is 3. The van der Waals surface area contributed by atoms with E-state index in [0.29, 0.717) is 17.2 Å². The molecular formula is C22H19FN2O3. The highest BCUT2D eigenvalue weighted by Gasteiger charge is 2.20. The van der Waals surface area contributed by atoms with E-state index in [2.05, 4.69) is 5.32 Å². The van der Waals surface area contributed by atoms with Crippen molar-refractivity contribution in [3.63, 3.8) is 0 Å². The zero-order chi connectivity index (χ0) is 19.9. The fourth-order valence-corrected chi connectivity index (χ4v) is 2.64. The van der Waals surface area contributed by atoms with Gasteiger partial charge in [-0.05, 0) is 36.4 Å². The van der Waals surface area contributed by atoms with Crippen LogP contribution in [0.25, 0.3) is 0 Å². The smallest absolute Gasteiger partial charge is 0.244 e. The van der Waals surface area contributed by atoms with Crippen LogP contribution in [0.2, 0.25) is 0 Å². The predicted octanol–water partition coefficient (Wildman–Crippen LogP) is 4.61. The molecule has 0 radical (unpaired) electrons. The Morgan fingerprint density at radius 1 is 0.929 bits per heavy atom. The van der Waals surface area contributed by atoms with Crippen LogP contribution < -0.4 is 15.0 Å². The molecule has 0 aromatic heterocycles. The summed E-state index contributed by atoms with van der Waals surface area (Å²) >= 11 is 0. The van der Waals surface area contributed by atoms with Crippen LogP contribution in [-0.4, -0.2) is 18.4 Å². The van der Waals surface area contributed by atoms with E-state index < -0.39 is 11.7 Å². The van der Waals surface area contributed by atoms with Gasteiger partial charge in [0.15, 0.2) is 5.75 Å². The molecule has 0 saturated carbocycles. The molecule has 3 rings (SSSR count). The van der Waals surface area contributed by atoms with Gasteiger partial charge in [-0.2, -0.15) is 0 Å². The Morgan fingerprint density at radius 2 is 1.57 bits per heavy atom. The standard InChI is InChI=1S/C22H19FN2O3/c1-16(26)25(15-22(27)24-19-12-6-5-11-18(19)23)20-13-7-8-14-21(20)28-17-9-3-2-4-10-17/h2-14H,15H2,1H3,(H,24,27). The Hall–Kier alpha value is -3.67. The van der Waals surface area contributed by atoms with Crippen molar-refractivity contribution in [1.82, 2.24) is 0 Å². The first-order valence-electron chi connectivity index (χ1n) is 8.69. The van der Waals surface area contributed by atoms with Crippen LogP contribution in [0.3, 0.4) is 0 Å². The third-order valence-corrected chi connectivity index (χ3v) is 3.96. The molecule has 2 amide bonds. The topological polar surface area (TPSA) is 58.6 Å². The third-order valence-electron chi connectivity index (χ3n) is 3.96. The molecular weight excluding hydrogens is 359 g/mol. The van der Waals surface area contributed by atoms with Gasteiger partial charge in [-0.25, -0.2) is 4.39 Å². The average molecular weight is 378 g/mol. The number of nitrogens with one attached hydrogen (secondary N) is 1. The molecule has 3 aromatic rings. The van der Waals surface area contributed by atoms with Gasteiger partial charge in [-0.3, -0.25) is 14.5 Å². The lowest BCUT2D eigenvalue weighted by molar-refractivity contribution is -0.120. The fourth-order valence-electron chi connectivity index (χ4n) is 2.64. The molecule has 0 aliphatic heterocycles. The summed E-state index contributed by atoms with van der Waals surface area (Å²) in [5.74, 6) is -0.363. The van der Waals surface area contributed by atoms with Crippen molar-refractivity contribution in [1.29, 1.82) is 0 Å². The highest BCUT2D eigenvalue weighted by Crippen LogP contribution is 2.32. The molecule has 0 saturated heterocycles. The molecule has 0 bridgehead atoms. The van der Waals surface area contributed by atoms with Gasteiger partial charge in [-0.1, -0.05) is 42.5 Å². The number of hydrogen-bond donors (Lipinski definition) is 1. The number of rotatable bonds is 6. The average Bonchev–Trinajstić information content (AvgIpc) is 2.69. The molecule has 6 heteroatoms. The number of nitrogens with zero attached hydrogens (tertiary/aromatic N) is 1. The lowest BCUT2D eigenvalue weighted by Crippen LogP contribution is -2.37. The van der Waals surface area contributed by atoms with Gasteiger partial charge in [0.1, 0.15) is 18.1 Å². The van der Waals surface area contributed by atoms with E-state index in [1.165, 1.54) is 30.0 Å². The largest absolute Gasteiger partial charge is 0.455 e. The zero-order valence-corrected chi connectivity index (χ0v) is 15.3. The molecule has 1 N–H and O–H groups in total. The van der Waals surface area contributed by atoms with Crippen molar-refractivity contribution >= 4 is 23.2 Å². The normalized spacial score (nSPS) is 10.2. The molecule has 0 heterocycles. The maximum Gasteiger partial charge on any atom is 0.244 e. The second-order valence-electron chi connectivity index (χ2n) is 6.02. The van der Waals surface area contributed by atoms with E-state index >= 15 is 0 Å². The number of carbonyl (C=O) groups excluding carboxylic acids is 2. The zero-order valence-electron chi connectivity index (χ0n) is 15.3. The molecule has 0 atom stereocenters. The molecule has 28 heavy (non-hydrogen) atoms. The fraction of sp³-hybridized carbons (Fsp3) is 0.0909. The Kier molecular flexibility index (Phi) is 6.01. The van der Waals surface area contributed by atoms with E-state index in [0.717, 1.165) is 0 Å². The number of para-hydroxylation sites is 4. The second kappa shape index (κ2) is 8.81. The number of amides is 2. The summed E-state index contributed by atoms with van der Waals surface area (Å²) in [6.45, 7) is 1.08. The molecule has 0 unspecified atom stereocenters. The highest BCUT2D eigenvalue weighted by atomic mass is 19.1. The maximum absolute atomic E-state index is 13.8. The SMILES string of the molecule is CC(=O)N(CC(=O)Nc1ccccc1F)c1ccccc1Oc1ccccc1. The summed E-state index contributed by atoms with van der Waals surface area (Å²) in [6, 6.07) is 21.9. The van der Waals surface area contributed by atoms with Crippen molar-refractivity contribution < 1.29 is 18.7 Å². The lowest BCUT2D eigenvalue weighted by atomic mass is 10.2. The van der Waals surface area contributed by atoms with Crippen LogP contribution in [0.4, 0.5) is 15.8 Å². The van der Waals surface area contributed by atoms with E-state index in [4.69, 9.17) is 4.74 Å².